The van der Waals surface area contributed by atoms with Crippen molar-refractivity contribution >= 4 is 11.8 Å². The maximum atomic E-state index is 13.5. The average Bonchev–Trinajstić information content (AvgIpc) is 2.73. The Hall–Kier alpha value is -2.28. The normalized spacial score (nSPS) is 22.6. The van der Waals surface area contributed by atoms with E-state index in [4.69, 9.17) is 4.74 Å². The minimum absolute atomic E-state index is 0.104. The molecule has 146 valence electrons. The third-order valence-corrected chi connectivity index (χ3v) is 5.50. The lowest BCUT2D eigenvalue weighted by Crippen LogP contribution is -2.57. The summed E-state index contributed by atoms with van der Waals surface area (Å²) < 4.78 is 31.3. The molecule has 2 heterocycles. The van der Waals surface area contributed by atoms with Gasteiger partial charge in [-0.1, -0.05) is 36.9 Å². The van der Waals surface area contributed by atoms with E-state index < -0.39 is 17.9 Å². The van der Waals surface area contributed by atoms with Crippen molar-refractivity contribution in [3.63, 3.8) is 0 Å². The molecule has 0 aromatic heterocycles. The van der Waals surface area contributed by atoms with Gasteiger partial charge < -0.3 is 14.5 Å². The lowest BCUT2D eigenvalue weighted by atomic mass is 9.71. The van der Waals surface area contributed by atoms with Gasteiger partial charge >= 0.3 is 0 Å². The van der Waals surface area contributed by atoms with E-state index in [9.17, 15) is 18.4 Å². The summed E-state index contributed by atoms with van der Waals surface area (Å²) in [6.07, 6.45) is -1.71. The molecule has 1 aromatic carbocycles. The molecule has 0 radical (unpaired) electrons. The number of amides is 2. The van der Waals surface area contributed by atoms with Crippen molar-refractivity contribution in [2.24, 2.45) is 0 Å². The van der Waals surface area contributed by atoms with Crippen LogP contribution >= 0.6 is 0 Å². The van der Waals surface area contributed by atoms with Gasteiger partial charge in [0.05, 0.1) is 18.6 Å². The van der Waals surface area contributed by atoms with Crippen LogP contribution in [-0.4, -0.2) is 66.9 Å². The van der Waals surface area contributed by atoms with Crippen molar-refractivity contribution in [2.45, 2.75) is 30.8 Å². The smallest absolute Gasteiger partial charge is 0.266 e. The van der Waals surface area contributed by atoms with Crippen LogP contribution in [-0.2, 0) is 19.7 Å². The molecule has 3 rings (SSSR count). The van der Waals surface area contributed by atoms with Crippen LogP contribution in [0.3, 0.4) is 0 Å². The Bertz CT molecular complexity index is 688. The minimum Gasteiger partial charge on any atom is -0.369 e. The zero-order valence-corrected chi connectivity index (χ0v) is 15.2. The number of alkyl halides is 2. The first-order chi connectivity index (χ1) is 13.0. The highest BCUT2D eigenvalue weighted by molar-refractivity contribution is 5.90. The van der Waals surface area contributed by atoms with Crippen molar-refractivity contribution in [1.29, 1.82) is 0 Å². The fraction of sp³-hybridized carbons (Fsp3) is 0.500. The van der Waals surface area contributed by atoms with E-state index in [2.05, 4.69) is 6.58 Å². The third kappa shape index (κ3) is 3.88. The first-order valence-electron chi connectivity index (χ1n) is 9.14. The number of halogens is 2. The maximum Gasteiger partial charge on any atom is 0.266 e. The van der Waals surface area contributed by atoms with Crippen LogP contribution in [0.4, 0.5) is 8.78 Å². The van der Waals surface area contributed by atoms with E-state index in [1.165, 1.54) is 11.0 Å². The lowest BCUT2D eigenvalue weighted by molar-refractivity contribution is -0.155. The van der Waals surface area contributed by atoms with Crippen LogP contribution in [0.1, 0.15) is 18.4 Å². The van der Waals surface area contributed by atoms with Gasteiger partial charge in [-0.15, -0.1) is 0 Å². The topological polar surface area (TPSA) is 49.9 Å². The Morgan fingerprint density at radius 2 is 1.81 bits per heavy atom. The number of likely N-dealkylation sites (tertiary alicyclic amines) is 1. The number of nitrogens with zero attached hydrogens (tertiary/aromatic N) is 2. The summed E-state index contributed by atoms with van der Waals surface area (Å²) in [7, 11) is 0. The number of hydrogen-bond donors (Lipinski definition) is 0. The molecule has 7 heteroatoms. The fourth-order valence-corrected chi connectivity index (χ4v) is 3.94. The van der Waals surface area contributed by atoms with Crippen LogP contribution in [0, 0.1) is 0 Å². The Morgan fingerprint density at radius 3 is 2.41 bits per heavy atom. The first-order valence-corrected chi connectivity index (χ1v) is 9.14. The van der Waals surface area contributed by atoms with Crippen LogP contribution in [0.5, 0.6) is 0 Å². The number of ether oxygens (including phenoxy) is 1. The molecule has 0 saturated carbocycles. The monoisotopic (exact) mass is 378 g/mol. The molecule has 2 aliphatic rings. The molecule has 5 nitrogen and oxygen atoms in total. The zero-order valence-electron chi connectivity index (χ0n) is 15.2. The van der Waals surface area contributed by atoms with Gasteiger partial charge in [-0.25, -0.2) is 8.78 Å². The molecule has 2 fully saturated rings. The van der Waals surface area contributed by atoms with E-state index in [-0.39, 0.29) is 25.0 Å². The SMILES string of the molecule is C=CC(=O)N1CCC(C(=O)N2CCOC(C(F)F)C2)(c2ccccc2)CC1. The summed E-state index contributed by atoms with van der Waals surface area (Å²) in [5.74, 6) is -0.318. The Kier molecular flexibility index (Phi) is 5.89. The van der Waals surface area contributed by atoms with Crippen molar-refractivity contribution < 1.29 is 23.1 Å². The maximum absolute atomic E-state index is 13.5. The summed E-state index contributed by atoms with van der Waals surface area (Å²) >= 11 is 0. The van der Waals surface area contributed by atoms with Gasteiger partial charge in [0.1, 0.15) is 6.10 Å². The summed E-state index contributed by atoms with van der Waals surface area (Å²) in [5.41, 5.74) is 0.0456. The molecule has 0 spiro atoms. The molecule has 0 aliphatic carbocycles. The van der Waals surface area contributed by atoms with E-state index in [0.29, 0.717) is 32.5 Å². The van der Waals surface area contributed by atoms with E-state index in [1.807, 2.05) is 30.3 Å². The number of carbonyl (C=O) groups excluding carboxylic acids is 2. The van der Waals surface area contributed by atoms with Gasteiger partial charge in [0.2, 0.25) is 11.8 Å². The molecule has 0 bridgehead atoms. The number of piperidine rings is 1. The largest absolute Gasteiger partial charge is 0.369 e. The minimum atomic E-state index is -2.62. The van der Waals surface area contributed by atoms with E-state index in [1.54, 1.807) is 4.90 Å². The van der Waals surface area contributed by atoms with Crippen LogP contribution in [0.25, 0.3) is 0 Å². The second-order valence-electron chi connectivity index (χ2n) is 6.97. The molecule has 2 amide bonds. The second-order valence-corrected chi connectivity index (χ2v) is 6.97. The van der Waals surface area contributed by atoms with E-state index in [0.717, 1.165) is 5.56 Å². The molecule has 1 atom stereocenters. The van der Waals surface area contributed by atoms with Gasteiger partial charge in [0.15, 0.2) is 0 Å². The van der Waals surface area contributed by atoms with Crippen molar-refractivity contribution in [1.82, 2.24) is 9.80 Å². The van der Waals surface area contributed by atoms with E-state index >= 15 is 0 Å². The molecular formula is C20H24F2N2O3. The van der Waals surface area contributed by atoms with Crippen molar-refractivity contribution in [3.05, 3.63) is 48.6 Å². The third-order valence-electron chi connectivity index (χ3n) is 5.50. The summed E-state index contributed by atoms with van der Waals surface area (Å²) in [6.45, 7) is 4.65. The Morgan fingerprint density at radius 1 is 1.15 bits per heavy atom. The molecule has 0 N–H and O–H groups in total. The summed E-state index contributed by atoms with van der Waals surface area (Å²) in [5, 5.41) is 0. The first kappa shape index (κ1) is 19.5. The van der Waals surface area contributed by atoms with Crippen LogP contribution in [0.2, 0.25) is 0 Å². The summed E-state index contributed by atoms with van der Waals surface area (Å²) in [6, 6.07) is 9.40. The molecular weight excluding hydrogens is 354 g/mol. The fourth-order valence-electron chi connectivity index (χ4n) is 3.94. The second kappa shape index (κ2) is 8.17. The Labute approximate surface area is 157 Å². The molecule has 2 saturated heterocycles. The number of rotatable bonds is 4. The highest BCUT2D eigenvalue weighted by atomic mass is 19.3. The predicted octanol–water partition coefficient (Wildman–Crippen LogP) is 2.23. The zero-order chi connectivity index (χ0) is 19.4. The van der Waals surface area contributed by atoms with Gasteiger partial charge in [0.25, 0.3) is 6.43 Å². The highest BCUT2D eigenvalue weighted by Crippen LogP contribution is 2.38. The average molecular weight is 378 g/mol. The van der Waals surface area contributed by atoms with Gasteiger partial charge in [-0.3, -0.25) is 9.59 Å². The molecule has 1 aromatic rings. The van der Waals surface area contributed by atoms with Gasteiger partial charge in [0, 0.05) is 19.6 Å². The molecule has 2 aliphatic heterocycles. The molecule has 1 unspecified atom stereocenters. The number of hydrogen-bond acceptors (Lipinski definition) is 3. The number of morpholine rings is 1. The quantitative estimate of drug-likeness (QED) is 0.755. The van der Waals surface area contributed by atoms with Crippen molar-refractivity contribution in [2.75, 3.05) is 32.8 Å². The van der Waals surface area contributed by atoms with Gasteiger partial charge in [-0.05, 0) is 24.5 Å². The van der Waals surface area contributed by atoms with Crippen molar-refractivity contribution in [3.8, 4) is 0 Å². The summed E-state index contributed by atoms with van der Waals surface area (Å²) in [4.78, 5) is 28.6. The Balaban J connectivity index is 1.86. The van der Waals surface area contributed by atoms with Crippen LogP contribution < -0.4 is 0 Å². The molecule has 27 heavy (non-hydrogen) atoms. The highest BCUT2D eigenvalue weighted by Gasteiger charge is 2.46. The number of carbonyl (C=O) groups is 2. The predicted molar refractivity (Wildman–Crippen MR) is 96.5 cm³/mol. The van der Waals surface area contributed by atoms with Gasteiger partial charge in [-0.2, -0.15) is 0 Å². The lowest BCUT2D eigenvalue weighted by Gasteiger charge is -2.45. The standard InChI is InChI=1S/C20H24F2N2O3/c1-2-17(25)23-10-8-20(9-11-23,15-6-4-3-5-7-15)19(26)24-12-13-27-16(14-24)18(21)22/h2-7,16,18H,1,8-14H2. The number of benzene rings is 1. The van der Waals surface area contributed by atoms with Crippen LogP contribution in [0.15, 0.2) is 43.0 Å².